The first-order chi connectivity index (χ1) is 17.3. The Labute approximate surface area is 215 Å². The van der Waals surface area contributed by atoms with Crippen LogP contribution in [0.4, 0.5) is 0 Å². The van der Waals surface area contributed by atoms with Gasteiger partial charge >= 0.3 is 5.97 Å². The Morgan fingerprint density at radius 3 is 2.14 bits per heavy atom. The minimum absolute atomic E-state index is 0.0205. The summed E-state index contributed by atoms with van der Waals surface area (Å²) >= 11 is 6.26. The van der Waals surface area contributed by atoms with Crippen LogP contribution >= 0.6 is 11.6 Å². The Morgan fingerprint density at radius 2 is 1.44 bits per heavy atom. The van der Waals surface area contributed by atoms with E-state index in [0.717, 1.165) is 23.1 Å². The molecule has 0 atom stereocenters. The number of rotatable bonds is 5. The summed E-state index contributed by atoms with van der Waals surface area (Å²) in [6.45, 7) is 1.15. The van der Waals surface area contributed by atoms with Gasteiger partial charge in [-0.05, 0) is 53.3 Å². The first-order valence-corrected chi connectivity index (χ1v) is 13.5. The zero-order valence-electron chi connectivity index (χ0n) is 19.5. The molecule has 3 aromatic carbocycles. The molecule has 2 heterocycles. The highest BCUT2D eigenvalue weighted by Crippen LogP contribution is 2.30. The molecular formula is C27H25ClN2O5S. The van der Waals surface area contributed by atoms with Crippen LogP contribution in [0.25, 0.3) is 0 Å². The smallest absolute Gasteiger partial charge is 0.338 e. The number of ether oxygens (including phenoxy) is 1. The van der Waals surface area contributed by atoms with Crippen molar-refractivity contribution in [2.24, 2.45) is 0 Å². The maximum absolute atomic E-state index is 13.4. The van der Waals surface area contributed by atoms with Crippen LogP contribution < -0.4 is 0 Å². The number of benzene rings is 3. The molecule has 7 nitrogen and oxygen atoms in total. The first kappa shape index (κ1) is 24.5. The predicted molar refractivity (Wildman–Crippen MR) is 135 cm³/mol. The van der Waals surface area contributed by atoms with Gasteiger partial charge in [-0.2, -0.15) is 4.31 Å². The van der Waals surface area contributed by atoms with E-state index in [9.17, 15) is 18.0 Å². The fourth-order valence-corrected chi connectivity index (χ4v) is 6.57. The maximum Gasteiger partial charge on any atom is 0.338 e. The van der Waals surface area contributed by atoms with Crippen LogP contribution in [-0.2, 0) is 45.5 Å². The van der Waals surface area contributed by atoms with Crippen LogP contribution in [0.5, 0.6) is 0 Å². The number of carbonyl (C=O) groups excluding carboxylic acids is 2. The SMILES string of the molecule is O=C(OCC(=O)N1CCc2ccccc2C1)c1ccc(Cl)c(S(=O)(=O)N2CCc3ccccc3C2)c1. The zero-order chi connectivity index (χ0) is 25.3. The Hall–Kier alpha value is -3.20. The molecule has 5 rings (SSSR count). The molecule has 0 unspecified atom stereocenters. The summed E-state index contributed by atoms with van der Waals surface area (Å²) < 4.78 is 33.4. The molecule has 9 heteroatoms. The number of hydrogen-bond acceptors (Lipinski definition) is 5. The Morgan fingerprint density at radius 1 is 0.833 bits per heavy atom. The molecule has 0 saturated carbocycles. The number of fused-ring (bicyclic) bond motifs is 2. The van der Waals surface area contributed by atoms with Crippen LogP contribution in [0.2, 0.25) is 5.02 Å². The highest BCUT2D eigenvalue weighted by Gasteiger charge is 2.31. The summed E-state index contributed by atoms with van der Waals surface area (Å²) in [7, 11) is -3.95. The largest absolute Gasteiger partial charge is 0.452 e. The minimum Gasteiger partial charge on any atom is -0.452 e. The van der Waals surface area contributed by atoms with Gasteiger partial charge in [-0.25, -0.2) is 13.2 Å². The number of carbonyl (C=O) groups is 2. The monoisotopic (exact) mass is 524 g/mol. The molecule has 0 bridgehead atoms. The van der Waals surface area contributed by atoms with E-state index in [1.54, 1.807) is 4.90 Å². The summed E-state index contributed by atoms with van der Waals surface area (Å²) in [5.74, 6) is -1.08. The van der Waals surface area contributed by atoms with E-state index in [2.05, 4.69) is 0 Å². The average Bonchev–Trinajstić information content (AvgIpc) is 2.91. The summed E-state index contributed by atoms with van der Waals surface area (Å²) in [6.07, 6.45) is 1.34. The molecule has 186 valence electrons. The highest BCUT2D eigenvalue weighted by atomic mass is 35.5. The number of sulfonamides is 1. The molecule has 0 saturated heterocycles. The summed E-state index contributed by atoms with van der Waals surface area (Å²) in [4.78, 5) is 26.9. The normalized spacial score (nSPS) is 15.6. The van der Waals surface area contributed by atoms with Crippen molar-refractivity contribution in [2.75, 3.05) is 19.7 Å². The molecule has 0 aromatic heterocycles. The van der Waals surface area contributed by atoms with Crippen molar-refractivity contribution in [3.8, 4) is 0 Å². The number of halogens is 1. The van der Waals surface area contributed by atoms with E-state index >= 15 is 0 Å². The third-order valence-corrected chi connectivity index (χ3v) is 9.02. The molecule has 2 aliphatic rings. The highest BCUT2D eigenvalue weighted by molar-refractivity contribution is 7.89. The quantitative estimate of drug-likeness (QED) is 0.474. The topological polar surface area (TPSA) is 84.0 Å². The maximum atomic E-state index is 13.4. The second-order valence-electron chi connectivity index (χ2n) is 8.91. The lowest BCUT2D eigenvalue weighted by atomic mass is 10.00. The van der Waals surface area contributed by atoms with Crippen molar-refractivity contribution in [2.45, 2.75) is 30.8 Å². The lowest BCUT2D eigenvalue weighted by Crippen LogP contribution is -2.38. The minimum atomic E-state index is -3.95. The molecule has 1 amide bonds. The number of amides is 1. The Balaban J connectivity index is 1.27. The standard InChI is InChI=1S/C27H25ClN2O5S/c28-24-10-9-21(15-25(24)36(33,34)30-14-12-20-6-2-4-8-23(20)17-30)27(32)35-18-26(31)29-13-11-19-5-1-3-7-22(19)16-29/h1-10,15H,11-14,16-18H2. The molecule has 0 fully saturated rings. The second-order valence-corrected chi connectivity index (χ2v) is 11.2. The van der Waals surface area contributed by atoms with E-state index < -0.39 is 22.6 Å². The summed E-state index contributed by atoms with van der Waals surface area (Å²) in [5.41, 5.74) is 4.38. The number of nitrogens with zero attached hydrogens (tertiary/aromatic N) is 2. The van der Waals surface area contributed by atoms with Gasteiger partial charge in [0.2, 0.25) is 10.0 Å². The van der Waals surface area contributed by atoms with Gasteiger partial charge in [0.05, 0.1) is 10.6 Å². The molecule has 3 aromatic rings. The third kappa shape index (κ3) is 4.89. The van der Waals surface area contributed by atoms with Crippen molar-refractivity contribution < 1.29 is 22.7 Å². The van der Waals surface area contributed by atoms with Crippen molar-refractivity contribution in [3.05, 3.63) is 99.6 Å². The van der Waals surface area contributed by atoms with Gasteiger partial charge in [-0.1, -0.05) is 60.1 Å². The van der Waals surface area contributed by atoms with Gasteiger partial charge in [-0.3, -0.25) is 4.79 Å². The van der Waals surface area contributed by atoms with Crippen molar-refractivity contribution in [1.82, 2.24) is 9.21 Å². The van der Waals surface area contributed by atoms with Crippen LogP contribution in [0, 0.1) is 0 Å². The van der Waals surface area contributed by atoms with Crippen LogP contribution in [-0.4, -0.2) is 49.2 Å². The van der Waals surface area contributed by atoms with Gasteiger partial charge < -0.3 is 9.64 Å². The van der Waals surface area contributed by atoms with Gasteiger partial charge in [0.15, 0.2) is 6.61 Å². The molecule has 0 N–H and O–H groups in total. The van der Waals surface area contributed by atoms with E-state index in [-0.39, 0.29) is 27.9 Å². The number of esters is 1. The van der Waals surface area contributed by atoms with Gasteiger partial charge in [0.25, 0.3) is 5.91 Å². The van der Waals surface area contributed by atoms with Crippen molar-refractivity contribution >= 4 is 33.5 Å². The Bertz CT molecular complexity index is 1440. The lowest BCUT2D eigenvalue weighted by molar-refractivity contribution is -0.135. The molecule has 2 aliphatic heterocycles. The van der Waals surface area contributed by atoms with Gasteiger partial charge in [0.1, 0.15) is 4.90 Å². The number of hydrogen-bond donors (Lipinski definition) is 0. The fraction of sp³-hybridized carbons (Fsp3) is 0.259. The average molecular weight is 525 g/mol. The molecular weight excluding hydrogens is 500 g/mol. The second kappa shape index (κ2) is 10.0. The summed E-state index contributed by atoms with van der Waals surface area (Å²) in [5, 5.41) is 0.0217. The Kier molecular flexibility index (Phi) is 6.83. The van der Waals surface area contributed by atoms with E-state index in [4.69, 9.17) is 16.3 Å². The van der Waals surface area contributed by atoms with E-state index in [1.807, 2.05) is 48.5 Å². The predicted octanol–water partition coefficient (Wildman–Crippen LogP) is 3.83. The third-order valence-electron chi connectivity index (χ3n) is 6.69. The lowest BCUT2D eigenvalue weighted by Gasteiger charge is -2.29. The fourth-order valence-electron chi connectivity index (χ4n) is 4.65. The van der Waals surface area contributed by atoms with E-state index in [1.165, 1.54) is 28.1 Å². The summed E-state index contributed by atoms with van der Waals surface area (Å²) in [6, 6.07) is 19.6. The molecule has 0 radical (unpaired) electrons. The molecule has 0 aliphatic carbocycles. The zero-order valence-corrected chi connectivity index (χ0v) is 21.1. The van der Waals surface area contributed by atoms with E-state index in [0.29, 0.717) is 26.1 Å². The molecule has 0 spiro atoms. The molecule has 36 heavy (non-hydrogen) atoms. The van der Waals surface area contributed by atoms with Gasteiger partial charge in [0, 0.05) is 26.2 Å². The van der Waals surface area contributed by atoms with Crippen molar-refractivity contribution in [3.63, 3.8) is 0 Å². The van der Waals surface area contributed by atoms with Crippen molar-refractivity contribution in [1.29, 1.82) is 0 Å². The van der Waals surface area contributed by atoms with Gasteiger partial charge in [-0.15, -0.1) is 0 Å². The first-order valence-electron chi connectivity index (χ1n) is 11.7. The van der Waals surface area contributed by atoms with Crippen LogP contribution in [0.3, 0.4) is 0 Å². The van der Waals surface area contributed by atoms with Crippen LogP contribution in [0.1, 0.15) is 32.6 Å². The van der Waals surface area contributed by atoms with Crippen LogP contribution in [0.15, 0.2) is 71.6 Å².